The summed E-state index contributed by atoms with van der Waals surface area (Å²) in [7, 11) is 0. The van der Waals surface area contributed by atoms with Gasteiger partial charge in [0.2, 0.25) is 29.5 Å². The molecule has 0 bridgehead atoms. The molecular weight excluding hydrogens is 476 g/mol. The maximum absolute atomic E-state index is 12.8. The molecule has 0 saturated heterocycles. The number of aliphatic carboxylic acids is 1. The first-order valence-corrected chi connectivity index (χ1v) is 11.0. The second-order valence-electron chi connectivity index (χ2n) is 8.16. The summed E-state index contributed by atoms with van der Waals surface area (Å²) in [5.41, 5.74) is 16.5. The molecule has 5 unspecified atom stereocenters. The lowest BCUT2D eigenvalue weighted by Gasteiger charge is -2.26. The highest BCUT2D eigenvalue weighted by molar-refractivity contribution is 5.96. The second-order valence-corrected chi connectivity index (χ2v) is 8.16. The average Bonchev–Trinajstić information content (AvgIpc) is 2.79. The molecule has 1 aromatic carbocycles. The van der Waals surface area contributed by atoms with Crippen molar-refractivity contribution in [3.8, 4) is 0 Å². The number of primary amides is 2. The number of carboxylic acids is 1. The molecule has 5 atom stereocenters. The molecule has 0 fully saturated rings. The van der Waals surface area contributed by atoms with Crippen molar-refractivity contribution in [1.82, 2.24) is 16.0 Å². The quantitative estimate of drug-likeness (QED) is 0.117. The number of hydrogen-bond acceptors (Lipinski definition) is 8. The van der Waals surface area contributed by atoms with E-state index >= 15 is 0 Å². The zero-order chi connectivity index (χ0) is 27.4. The van der Waals surface area contributed by atoms with Crippen molar-refractivity contribution in [3.05, 3.63) is 35.9 Å². The van der Waals surface area contributed by atoms with Crippen LogP contribution >= 0.6 is 0 Å². The summed E-state index contributed by atoms with van der Waals surface area (Å²) in [5, 5.41) is 26.2. The molecule has 5 amide bonds. The highest BCUT2D eigenvalue weighted by Gasteiger charge is 2.33. The van der Waals surface area contributed by atoms with Gasteiger partial charge < -0.3 is 43.4 Å². The van der Waals surface area contributed by atoms with E-state index in [-0.39, 0.29) is 19.3 Å². The Morgan fingerprint density at radius 2 is 1.44 bits per heavy atom. The minimum atomic E-state index is -1.60. The van der Waals surface area contributed by atoms with Gasteiger partial charge in [-0.15, -0.1) is 0 Å². The minimum absolute atomic E-state index is 0.0747. The summed E-state index contributed by atoms with van der Waals surface area (Å²) in [5.74, 6) is -5.96. The molecule has 36 heavy (non-hydrogen) atoms. The van der Waals surface area contributed by atoms with Gasteiger partial charge in [-0.05, 0) is 18.9 Å². The zero-order valence-corrected chi connectivity index (χ0v) is 19.7. The number of hydrogen-bond donors (Lipinski definition) is 8. The van der Waals surface area contributed by atoms with Crippen LogP contribution in [0.2, 0.25) is 0 Å². The van der Waals surface area contributed by atoms with Crippen molar-refractivity contribution in [2.75, 3.05) is 0 Å². The monoisotopic (exact) mass is 508 g/mol. The van der Waals surface area contributed by atoms with Crippen LogP contribution in [0.1, 0.15) is 31.7 Å². The van der Waals surface area contributed by atoms with Crippen molar-refractivity contribution < 1.29 is 39.0 Å². The summed E-state index contributed by atoms with van der Waals surface area (Å²) in [6.07, 6.45) is -2.52. The highest BCUT2D eigenvalue weighted by Crippen LogP contribution is 2.06. The van der Waals surface area contributed by atoms with Crippen molar-refractivity contribution >= 4 is 35.5 Å². The lowest BCUT2D eigenvalue weighted by molar-refractivity contribution is -0.142. The number of carbonyl (C=O) groups is 6. The van der Waals surface area contributed by atoms with E-state index in [1.54, 1.807) is 30.3 Å². The van der Waals surface area contributed by atoms with E-state index in [1.165, 1.54) is 6.92 Å². The van der Waals surface area contributed by atoms with E-state index in [0.29, 0.717) is 5.56 Å². The fourth-order valence-electron chi connectivity index (χ4n) is 3.09. The maximum atomic E-state index is 12.8. The molecule has 1 aromatic rings. The third-order valence-corrected chi connectivity index (χ3v) is 5.04. The molecule has 14 nitrogen and oxygen atoms in total. The van der Waals surface area contributed by atoms with Crippen LogP contribution in [0.4, 0.5) is 0 Å². The molecule has 0 aliphatic carbocycles. The SMILES string of the molecule is CC(O)C(NC(=O)C(N)CCC(N)=O)C(=O)NC(CC(N)=O)C(=O)NC(Cc1ccccc1)C(=O)O. The van der Waals surface area contributed by atoms with Crippen LogP contribution in [0.5, 0.6) is 0 Å². The molecule has 0 aliphatic heterocycles. The molecule has 0 radical (unpaired) electrons. The Morgan fingerprint density at radius 1 is 0.861 bits per heavy atom. The number of nitrogens with one attached hydrogen (secondary N) is 3. The number of aliphatic hydroxyl groups is 1. The van der Waals surface area contributed by atoms with E-state index in [9.17, 15) is 39.0 Å². The van der Waals surface area contributed by atoms with Crippen molar-refractivity contribution in [2.24, 2.45) is 17.2 Å². The molecule has 198 valence electrons. The van der Waals surface area contributed by atoms with Crippen LogP contribution in [0, 0.1) is 0 Å². The zero-order valence-electron chi connectivity index (χ0n) is 19.7. The van der Waals surface area contributed by atoms with Gasteiger partial charge in [-0.1, -0.05) is 30.3 Å². The molecule has 0 aromatic heterocycles. The van der Waals surface area contributed by atoms with Crippen molar-refractivity contribution in [1.29, 1.82) is 0 Å². The summed E-state index contributed by atoms with van der Waals surface area (Å²) < 4.78 is 0. The molecule has 0 saturated carbocycles. The Hall–Kier alpha value is -4.04. The average molecular weight is 509 g/mol. The summed E-state index contributed by atoms with van der Waals surface area (Å²) >= 11 is 0. The van der Waals surface area contributed by atoms with Gasteiger partial charge in [-0.2, -0.15) is 0 Å². The lowest BCUT2D eigenvalue weighted by atomic mass is 10.0. The normalized spacial score (nSPS) is 14.9. The van der Waals surface area contributed by atoms with Gasteiger partial charge in [-0.3, -0.25) is 24.0 Å². The number of aliphatic hydroxyl groups excluding tert-OH is 1. The highest BCUT2D eigenvalue weighted by atomic mass is 16.4. The van der Waals surface area contributed by atoms with E-state index in [1.807, 2.05) is 0 Å². The molecule has 0 aliphatic rings. The third kappa shape index (κ3) is 10.5. The molecule has 0 spiro atoms. The van der Waals surface area contributed by atoms with E-state index in [4.69, 9.17) is 17.2 Å². The number of nitrogens with two attached hydrogens (primary N) is 3. The van der Waals surface area contributed by atoms with Gasteiger partial charge in [0, 0.05) is 12.8 Å². The molecule has 11 N–H and O–H groups in total. The molecule has 14 heteroatoms. The Labute approximate surface area is 206 Å². The van der Waals surface area contributed by atoms with Crippen molar-refractivity contribution in [3.63, 3.8) is 0 Å². The van der Waals surface area contributed by atoms with Crippen LogP contribution in [0.25, 0.3) is 0 Å². The van der Waals surface area contributed by atoms with Gasteiger partial charge in [0.1, 0.15) is 18.1 Å². The first-order valence-electron chi connectivity index (χ1n) is 11.0. The number of carboxylic acid groups (broad SMARTS) is 1. The Morgan fingerprint density at radius 3 is 1.94 bits per heavy atom. The van der Waals surface area contributed by atoms with Crippen LogP contribution < -0.4 is 33.2 Å². The summed E-state index contributed by atoms with van der Waals surface area (Å²) in [4.78, 5) is 71.9. The van der Waals surface area contributed by atoms with Crippen LogP contribution in [-0.2, 0) is 35.2 Å². The first-order chi connectivity index (χ1) is 16.8. The third-order valence-electron chi connectivity index (χ3n) is 5.04. The fraction of sp³-hybridized carbons (Fsp3) is 0.455. The fourth-order valence-corrected chi connectivity index (χ4v) is 3.09. The Balaban J connectivity index is 2.95. The van der Waals surface area contributed by atoms with Gasteiger partial charge in [0.05, 0.1) is 18.6 Å². The largest absolute Gasteiger partial charge is 0.480 e. The van der Waals surface area contributed by atoms with Gasteiger partial charge in [-0.25, -0.2) is 4.79 Å². The van der Waals surface area contributed by atoms with Crippen LogP contribution in [0.15, 0.2) is 30.3 Å². The Bertz CT molecular complexity index is 955. The molecular formula is C22H32N6O8. The molecule has 1 rings (SSSR count). The summed E-state index contributed by atoms with van der Waals surface area (Å²) in [6, 6.07) is 2.64. The van der Waals surface area contributed by atoms with Gasteiger partial charge in [0.15, 0.2) is 0 Å². The van der Waals surface area contributed by atoms with E-state index < -0.39 is 72.2 Å². The van der Waals surface area contributed by atoms with Gasteiger partial charge in [0.25, 0.3) is 0 Å². The number of rotatable bonds is 15. The van der Waals surface area contributed by atoms with Crippen LogP contribution in [-0.4, -0.2) is 76.0 Å². The number of benzene rings is 1. The second kappa shape index (κ2) is 14.4. The minimum Gasteiger partial charge on any atom is -0.480 e. The maximum Gasteiger partial charge on any atom is 0.326 e. The topological polar surface area (TPSA) is 257 Å². The smallest absolute Gasteiger partial charge is 0.326 e. The standard InChI is InChI=1S/C22H32N6O8/c1-11(29)18(28-19(32)13(23)7-8-16(24)30)21(34)26-14(10-17(25)31)20(33)27-15(22(35)36)9-12-5-3-2-4-6-12/h2-6,11,13-15,18,29H,7-10,23H2,1H3,(H2,24,30)(H2,25,31)(H,26,34)(H,27,33)(H,28,32)(H,35,36). The van der Waals surface area contributed by atoms with E-state index in [0.717, 1.165) is 0 Å². The van der Waals surface area contributed by atoms with Crippen molar-refractivity contribution in [2.45, 2.75) is 62.9 Å². The van der Waals surface area contributed by atoms with Crippen LogP contribution in [0.3, 0.4) is 0 Å². The first kappa shape index (κ1) is 30.0. The predicted octanol–water partition coefficient (Wildman–Crippen LogP) is -3.38. The number of amides is 5. The lowest BCUT2D eigenvalue weighted by Crippen LogP contribution is -2.60. The van der Waals surface area contributed by atoms with E-state index in [2.05, 4.69) is 16.0 Å². The molecule has 0 heterocycles. The van der Waals surface area contributed by atoms with Gasteiger partial charge >= 0.3 is 5.97 Å². The predicted molar refractivity (Wildman–Crippen MR) is 125 cm³/mol. The number of carbonyl (C=O) groups excluding carboxylic acids is 5. The Kier molecular flexibility index (Phi) is 12.0. The summed E-state index contributed by atoms with van der Waals surface area (Å²) in [6.45, 7) is 1.18.